The van der Waals surface area contributed by atoms with E-state index in [0.29, 0.717) is 16.6 Å². The molecule has 1 saturated heterocycles. The number of halogens is 2. The van der Waals surface area contributed by atoms with Gasteiger partial charge in [0.25, 0.3) is 0 Å². The van der Waals surface area contributed by atoms with Crippen LogP contribution in [0.2, 0.25) is 0 Å². The lowest BCUT2D eigenvalue weighted by Crippen LogP contribution is -2.31. The number of carbonyl (C=O) groups excluding carboxylic acids is 1. The SMILES string of the molecule is O=C(CSC1CCNCC1)NCc1ccc(F)cc1F. The fraction of sp³-hybridized carbons (Fsp3) is 0.500. The summed E-state index contributed by atoms with van der Waals surface area (Å²) in [4.78, 5) is 11.7. The smallest absolute Gasteiger partial charge is 0.230 e. The van der Waals surface area contributed by atoms with Crippen LogP contribution in [0.1, 0.15) is 18.4 Å². The quantitative estimate of drug-likeness (QED) is 0.874. The molecule has 1 aliphatic rings. The Bertz CT molecular complexity index is 464. The molecule has 1 fully saturated rings. The first-order chi connectivity index (χ1) is 9.65. The molecule has 2 rings (SSSR count). The van der Waals surface area contributed by atoms with E-state index in [2.05, 4.69) is 10.6 Å². The third-order valence-corrected chi connectivity index (χ3v) is 4.60. The number of nitrogens with one attached hydrogen (secondary N) is 2. The van der Waals surface area contributed by atoms with Crippen molar-refractivity contribution in [1.29, 1.82) is 0 Å². The van der Waals surface area contributed by atoms with Gasteiger partial charge in [-0.2, -0.15) is 0 Å². The van der Waals surface area contributed by atoms with Crippen LogP contribution in [0.15, 0.2) is 18.2 Å². The zero-order valence-corrected chi connectivity index (χ0v) is 11.9. The van der Waals surface area contributed by atoms with E-state index < -0.39 is 11.6 Å². The first kappa shape index (κ1) is 15.3. The van der Waals surface area contributed by atoms with Crippen molar-refractivity contribution >= 4 is 17.7 Å². The largest absolute Gasteiger partial charge is 0.351 e. The summed E-state index contributed by atoms with van der Waals surface area (Å²) in [5.74, 6) is -0.972. The highest BCUT2D eigenvalue weighted by Gasteiger charge is 2.15. The number of carbonyl (C=O) groups is 1. The van der Waals surface area contributed by atoms with Crippen LogP contribution in [-0.4, -0.2) is 30.0 Å². The van der Waals surface area contributed by atoms with Crippen molar-refractivity contribution in [2.45, 2.75) is 24.6 Å². The first-order valence-corrected chi connectivity index (χ1v) is 7.73. The van der Waals surface area contributed by atoms with E-state index in [1.54, 1.807) is 11.8 Å². The van der Waals surface area contributed by atoms with E-state index in [0.717, 1.165) is 32.0 Å². The number of thioether (sulfide) groups is 1. The number of hydrogen-bond donors (Lipinski definition) is 2. The molecule has 1 aromatic rings. The third kappa shape index (κ3) is 4.76. The molecular formula is C14H18F2N2OS. The molecule has 0 spiro atoms. The monoisotopic (exact) mass is 300 g/mol. The summed E-state index contributed by atoms with van der Waals surface area (Å²) >= 11 is 1.64. The van der Waals surface area contributed by atoms with Crippen molar-refractivity contribution in [3.05, 3.63) is 35.4 Å². The summed E-state index contributed by atoms with van der Waals surface area (Å²) in [6.07, 6.45) is 2.15. The molecule has 2 N–H and O–H groups in total. The van der Waals surface area contributed by atoms with Crippen LogP contribution in [0.5, 0.6) is 0 Å². The maximum absolute atomic E-state index is 13.4. The molecule has 0 saturated carbocycles. The second-order valence-corrected chi connectivity index (χ2v) is 6.06. The minimum atomic E-state index is -0.628. The van der Waals surface area contributed by atoms with Gasteiger partial charge in [-0.1, -0.05) is 6.07 Å². The molecule has 110 valence electrons. The summed E-state index contributed by atoms with van der Waals surface area (Å²) in [6, 6.07) is 3.37. The second kappa shape index (κ2) is 7.59. The van der Waals surface area contributed by atoms with Gasteiger partial charge in [-0.25, -0.2) is 8.78 Å². The Kier molecular flexibility index (Phi) is 5.79. The lowest BCUT2D eigenvalue weighted by atomic mass is 10.2. The van der Waals surface area contributed by atoms with E-state index in [1.165, 1.54) is 12.1 Å². The molecule has 0 atom stereocenters. The Balaban J connectivity index is 1.71. The maximum Gasteiger partial charge on any atom is 0.230 e. The van der Waals surface area contributed by atoms with Gasteiger partial charge in [0.2, 0.25) is 5.91 Å². The zero-order chi connectivity index (χ0) is 14.4. The third-order valence-electron chi connectivity index (χ3n) is 3.23. The highest BCUT2D eigenvalue weighted by molar-refractivity contribution is 8.00. The fourth-order valence-corrected chi connectivity index (χ4v) is 3.12. The molecule has 1 amide bonds. The number of amides is 1. The average Bonchev–Trinajstić information content (AvgIpc) is 2.45. The zero-order valence-electron chi connectivity index (χ0n) is 11.1. The molecule has 0 aromatic heterocycles. The summed E-state index contributed by atoms with van der Waals surface area (Å²) < 4.78 is 26.1. The summed E-state index contributed by atoms with van der Waals surface area (Å²) in [7, 11) is 0. The summed E-state index contributed by atoms with van der Waals surface area (Å²) in [5, 5.41) is 6.45. The van der Waals surface area contributed by atoms with Crippen LogP contribution in [0, 0.1) is 11.6 Å². The molecule has 3 nitrogen and oxygen atoms in total. The van der Waals surface area contributed by atoms with E-state index in [1.807, 2.05) is 0 Å². The number of hydrogen-bond acceptors (Lipinski definition) is 3. The summed E-state index contributed by atoms with van der Waals surface area (Å²) in [5.41, 5.74) is 0.298. The Labute approximate surface area is 121 Å². The van der Waals surface area contributed by atoms with E-state index in [9.17, 15) is 13.6 Å². The molecule has 0 aliphatic carbocycles. The van der Waals surface area contributed by atoms with Crippen molar-refractivity contribution < 1.29 is 13.6 Å². The van der Waals surface area contributed by atoms with E-state index in [-0.39, 0.29) is 12.5 Å². The van der Waals surface area contributed by atoms with Crippen molar-refractivity contribution in [3.8, 4) is 0 Å². The maximum atomic E-state index is 13.4. The van der Waals surface area contributed by atoms with Crippen LogP contribution < -0.4 is 10.6 Å². The lowest BCUT2D eigenvalue weighted by Gasteiger charge is -2.21. The van der Waals surface area contributed by atoms with Gasteiger partial charge in [0.15, 0.2) is 0 Å². The van der Waals surface area contributed by atoms with Crippen LogP contribution in [0.25, 0.3) is 0 Å². The molecule has 1 heterocycles. The van der Waals surface area contributed by atoms with E-state index >= 15 is 0 Å². The van der Waals surface area contributed by atoms with Crippen molar-refractivity contribution in [2.75, 3.05) is 18.8 Å². The Hall–Kier alpha value is -1.14. The standard InChI is InChI=1S/C14H18F2N2OS/c15-11-2-1-10(13(16)7-11)8-18-14(19)9-20-12-3-5-17-6-4-12/h1-2,7,12,17H,3-6,8-9H2,(H,18,19). The van der Waals surface area contributed by atoms with Crippen LogP contribution >= 0.6 is 11.8 Å². The van der Waals surface area contributed by atoms with Gasteiger partial charge in [-0.3, -0.25) is 4.79 Å². The van der Waals surface area contributed by atoms with Crippen molar-refractivity contribution in [1.82, 2.24) is 10.6 Å². The summed E-state index contributed by atoms with van der Waals surface area (Å²) in [6.45, 7) is 2.10. The predicted molar refractivity (Wildman–Crippen MR) is 76.6 cm³/mol. The molecule has 1 aromatic carbocycles. The highest BCUT2D eigenvalue weighted by atomic mass is 32.2. The minimum absolute atomic E-state index is 0.0950. The van der Waals surface area contributed by atoms with Gasteiger partial charge in [0.05, 0.1) is 5.75 Å². The van der Waals surface area contributed by atoms with Gasteiger partial charge in [-0.15, -0.1) is 11.8 Å². The van der Waals surface area contributed by atoms with Gasteiger partial charge in [0.1, 0.15) is 11.6 Å². The Morgan fingerprint density at radius 2 is 2.10 bits per heavy atom. The molecular weight excluding hydrogens is 282 g/mol. The van der Waals surface area contributed by atoms with E-state index in [4.69, 9.17) is 0 Å². The Morgan fingerprint density at radius 3 is 2.80 bits per heavy atom. The van der Waals surface area contributed by atoms with Gasteiger partial charge in [-0.05, 0) is 32.0 Å². The lowest BCUT2D eigenvalue weighted by molar-refractivity contribution is -0.118. The molecule has 6 heteroatoms. The first-order valence-electron chi connectivity index (χ1n) is 6.68. The number of benzene rings is 1. The Morgan fingerprint density at radius 1 is 1.35 bits per heavy atom. The highest BCUT2D eigenvalue weighted by Crippen LogP contribution is 2.19. The van der Waals surface area contributed by atoms with Crippen molar-refractivity contribution in [2.24, 2.45) is 0 Å². The van der Waals surface area contributed by atoms with Crippen LogP contribution in [0.4, 0.5) is 8.78 Å². The van der Waals surface area contributed by atoms with Crippen molar-refractivity contribution in [3.63, 3.8) is 0 Å². The number of piperidine rings is 1. The number of rotatable bonds is 5. The van der Waals surface area contributed by atoms with Crippen LogP contribution in [0.3, 0.4) is 0 Å². The average molecular weight is 300 g/mol. The molecule has 0 unspecified atom stereocenters. The molecule has 1 aliphatic heterocycles. The van der Waals surface area contributed by atoms with Gasteiger partial charge < -0.3 is 10.6 Å². The molecule has 20 heavy (non-hydrogen) atoms. The normalized spacial score (nSPS) is 16.1. The van der Waals surface area contributed by atoms with Crippen LogP contribution in [-0.2, 0) is 11.3 Å². The second-order valence-electron chi connectivity index (χ2n) is 4.77. The topological polar surface area (TPSA) is 41.1 Å². The van der Waals surface area contributed by atoms with Gasteiger partial charge in [0, 0.05) is 23.4 Å². The molecule has 0 radical (unpaired) electrons. The minimum Gasteiger partial charge on any atom is -0.351 e. The molecule has 0 bridgehead atoms. The van der Waals surface area contributed by atoms with Gasteiger partial charge >= 0.3 is 0 Å². The predicted octanol–water partition coefficient (Wildman–Crippen LogP) is 2.07. The fourth-order valence-electron chi connectivity index (χ4n) is 2.07.